The zero-order chi connectivity index (χ0) is 22.3. The minimum Gasteiger partial charge on any atom is -0.309 e. The molecule has 0 saturated heterocycles. The summed E-state index contributed by atoms with van der Waals surface area (Å²) in [6.45, 7) is 0. The minimum absolute atomic E-state index is 0.861. The number of thiophene rings is 1. The fourth-order valence-corrected chi connectivity index (χ4v) is 8.24. The lowest BCUT2D eigenvalue weighted by molar-refractivity contribution is 0.592. The van der Waals surface area contributed by atoms with Crippen LogP contribution in [0.1, 0.15) is 0 Å². The highest BCUT2D eigenvalue weighted by atomic mass is 32.1. The third kappa shape index (κ3) is 3.43. The number of benzene rings is 5. The van der Waals surface area contributed by atoms with Crippen molar-refractivity contribution in [1.82, 2.24) is 0 Å². The van der Waals surface area contributed by atoms with Gasteiger partial charge in [0.1, 0.15) is 0 Å². The maximum atomic E-state index is 14.8. The van der Waals surface area contributed by atoms with Crippen LogP contribution >= 0.6 is 18.5 Å². The van der Waals surface area contributed by atoms with E-state index in [4.69, 9.17) is 0 Å². The topological polar surface area (TPSA) is 17.1 Å². The van der Waals surface area contributed by atoms with Crippen LogP contribution < -0.4 is 15.9 Å². The zero-order valence-corrected chi connectivity index (χ0v) is 19.6. The molecule has 0 amide bonds. The molecule has 0 N–H and O–H groups in total. The molecule has 5 aromatic carbocycles. The summed E-state index contributed by atoms with van der Waals surface area (Å²) in [5.41, 5.74) is 2.40. The molecule has 0 aliphatic carbocycles. The molecule has 6 rings (SSSR count). The van der Waals surface area contributed by atoms with Gasteiger partial charge in [-0.1, -0.05) is 97.1 Å². The lowest BCUT2D eigenvalue weighted by Gasteiger charge is -2.20. The van der Waals surface area contributed by atoms with E-state index in [0.29, 0.717) is 0 Å². The van der Waals surface area contributed by atoms with E-state index < -0.39 is 7.14 Å². The molecule has 6 aromatic rings. The summed E-state index contributed by atoms with van der Waals surface area (Å²) >= 11 is 1.79. The maximum absolute atomic E-state index is 14.8. The molecule has 0 atom stereocenters. The normalized spacial score (nSPS) is 11.8. The van der Waals surface area contributed by atoms with Crippen LogP contribution in [0.25, 0.3) is 31.3 Å². The summed E-state index contributed by atoms with van der Waals surface area (Å²) in [4.78, 5) is 0. The van der Waals surface area contributed by atoms with Crippen LogP contribution in [0.4, 0.5) is 0 Å². The average Bonchev–Trinajstić information content (AvgIpc) is 3.27. The molecular weight excluding hydrogens is 439 g/mol. The molecule has 0 spiro atoms. The van der Waals surface area contributed by atoms with E-state index in [1.165, 1.54) is 25.9 Å². The molecule has 0 saturated carbocycles. The number of fused-ring (bicyclic) bond motifs is 3. The Hall–Kier alpha value is -3.45. The Labute approximate surface area is 197 Å². The molecule has 0 fully saturated rings. The van der Waals surface area contributed by atoms with Crippen molar-refractivity contribution in [2.45, 2.75) is 0 Å². The predicted octanol–water partition coefficient (Wildman–Crippen LogP) is 7.36. The molecule has 0 radical (unpaired) electrons. The second-order valence-electron chi connectivity index (χ2n) is 8.14. The summed E-state index contributed by atoms with van der Waals surface area (Å²) in [7, 11) is -3.00. The fourth-order valence-electron chi connectivity index (χ4n) is 4.49. The van der Waals surface area contributed by atoms with E-state index >= 15 is 0 Å². The first-order valence-electron chi connectivity index (χ1n) is 11.0. The highest BCUT2D eigenvalue weighted by Gasteiger charge is 2.30. The van der Waals surface area contributed by atoms with Crippen molar-refractivity contribution in [3.8, 4) is 11.1 Å². The van der Waals surface area contributed by atoms with Crippen molar-refractivity contribution in [1.29, 1.82) is 0 Å². The van der Waals surface area contributed by atoms with E-state index in [9.17, 15) is 4.57 Å². The van der Waals surface area contributed by atoms with Crippen molar-refractivity contribution >= 4 is 54.6 Å². The highest BCUT2D eigenvalue weighted by Crippen LogP contribution is 2.44. The van der Waals surface area contributed by atoms with Crippen LogP contribution in [0.5, 0.6) is 0 Å². The Kier molecular flexibility index (Phi) is 4.99. The van der Waals surface area contributed by atoms with Crippen LogP contribution in [0, 0.1) is 0 Å². The van der Waals surface area contributed by atoms with Gasteiger partial charge in [-0.05, 0) is 41.5 Å². The Morgan fingerprint density at radius 3 is 1.58 bits per heavy atom. The van der Waals surface area contributed by atoms with Gasteiger partial charge in [-0.25, -0.2) is 0 Å². The average molecular weight is 461 g/mol. The van der Waals surface area contributed by atoms with Gasteiger partial charge >= 0.3 is 0 Å². The molecule has 0 aliphatic rings. The third-order valence-corrected chi connectivity index (χ3v) is 10.4. The Morgan fingerprint density at radius 2 is 0.970 bits per heavy atom. The van der Waals surface area contributed by atoms with Crippen LogP contribution in [0.3, 0.4) is 0 Å². The van der Waals surface area contributed by atoms with Gasteiger partial charge < -0.3 is 4.57 Å². The molecule has 1 aromatic heterocycles. The van der Waals surface area contributed by atoms with Crippen LogP contribution in [0.15, 0.2) is 127 Å². The number of rotatable bonds is 4. The van der Waals surface area contributed by atoms with Gasteiger partial charge in [0.2, 0.25) is 0 Å². The van der Waals surface area contributed by atoms with Crippen LogP contribution in [-0.2, 0) is 4.57 Å². The van der Waals surface area contributed by atoms with Crippen molar-refractivity contribution in [3.05, 3.63) is 127 Å². The highest BCUT2D eigenvalue weighted by molar-refractivity contribution is 7.85. The smallest absolute Gasteiger partial charge is 0.171 e. The molecule has 3 heteroatoms. The Balaban J connectivity index is 1.60. The summed E-state index contributed by atoms with van der Waals surface area (Å²) in [6.07, 6.45) is 0. The molecule has 0 unspecified atom stereocenters. The van der Waals surface area contributed by atoms with Crippen molar-refractivity contribution < 1.29 is 4.57 Å². The lowest BCUT2D eigenvalue weighted by Crippen LogP contribution is -2.24. The Bertz CT molecular complexity index is 1580. The van der Waals surface area contributed by atoms with Gasteiger partial charge in [-0.2, -0.15) is 0 Å². The van der Waals surface area contributed by atoms with Gasteiger partial charge in [0.15, 0.2) is 7.14 Å². The first kappa shape index (κ1) is 20.2. The molecule has 0 bridgehead atoms. The van der Waals surface area contributed by atoms with Crippen molar-refractivity contribution in [3.63, 3.8) is 0 Å². The Morgan fingerprint density at radius 1 is 0.455 bits per heavy atom. The zero-order valence-electron chi connectivity index (χ0n) is 17.9. The first-order chi connectivity index (χ1) is 16.2. The van der Waals surface area contributed by atoms with E-state index in [0.717, 1.165) is 21.3 Å². The SMILES string of the molecule is O=P(c1ccccc1)(c1ccccc1)c1ccc2sc3ccc(-c4ccccc4)cc3c2c1. The predicted molar refractivity (Wildman–Crippen MR) is 144 cm³/mol. The van der Waals surface area contributed by atoms with Crippen molar-refractivity contribution in [2.24, 2.45) is 0 Å². The quantitative estimate of drug-likeness (QED) is 0.251. The van der Waals surface area contributed by atoms with Gasteiger partial charge in [-0.3, -0.25) is 0 Å². The second-order valence-corrected chi connectivity index (χ2v) is 12.0. The van der Waals surface area contributed by atoms with Gasteiger partial charge in [-0.15, -0.1) is 11.3 Å². The molecular formula is C30H21OPS. The largest absolute Gasteiger partial charge is 0.309 e. The molecule has 0 aliphatic heterocycles. The first-order valence-corrected chi connectivity index (χ1v) is 13.5. The standard InChI is InChI=1S/C30H21OPS/c31-32(24-12-6-2-7-13-24,25-14-8-3-9-15-25)26-17-19-30-28(21-26)27-20-23(16-18-29(27)33-30)22-10-4-1-5-11-22/h1-21H. The van der Waals surface area contributed by atoms with E-state index in [-0.39, 0.29) is 0 Å². The number of hydrogen-bond donors (Lipinski definition) is 0. The fraction of sp³-hybridized carbons (Fsp3) is 0. The van der Waals surface area contributed by atoms with Gasteiger partial charge in [0, 0.05) is 36.1 Å². The molecule has 1 heterocycles. The van der Waals surface area contributed by atoms with E-state index in [1.807, 2.05) is 66.7 Å². The van der Waals surface area contributed by atoms with Crippen molar-refractivity contribution in [2.75, 3.05) is 0 Å². The summed E-state index contributed by atoms with van der Waals surface area (Å²) in [5.74, 6) is 0. The monoisotopic (exact) mass is 460 g/mol. The second kappa shape index (κ2) is 8.15. The van der Waals surface area contributed by atoms with Gasteiger partial charge in [0.05, 0.1) is 0 Å². The maximum Gasteiger partial charge on any atom is 0.171 e. The number of hydrogen-bond acceptors (Lipinski definition) is 2. The third-order valence-electron chi connectivity index (χ3n) is 6.16. The molecule has 158 valence electrons. The van der Waals surface area contributed by atoms with E-state index in [2.05, 4.69) is 60.7 Å². The summed E-state index contributed by atoms with van der Waals surface area (Å²) in [6, 6.07) is 43.2. The summed E-state index contributed by atoms with van der Waals surface area (Å²) in [5, 5.41) is 4.97. The van der Waals surface area contributed by atoms with E-state index in [1.54, 1.807) is 11.3 Å². The van der Waals surface area contributed by atoms with Crippen LogP contribution in [0.2, 0.25) is 0 Å². The molecule has 1 nitrogen and oxygen atoms in total. The summed E-state index contributed by atoms with van der Waals surface area (Å²) < 4.78 is 17.3. The van der Waals surface area contributed by atoms with Gasteiger partial charge in [0.25, 0.3) is 0 Å². The lowest BCUT2D eigenvalue weighted by atomic mass is 10.0. The molecule has 33 heavy (non-hydrogen) atoms. The van der Waals surface area contributed by atoms with Crippen LogP contribution in [-0.4, -0.2) is 0 Å². The minimum atomic E-state index is -3.00.